The highest BCUT2D eigenvalue weighted by Crippen LogP contribution is 2.29. The number of alkyl halides is 3. The van der Waals surface area contributed by atoms with Crippen molar-refractivity contribution in [2.45, 2.75) is 38.0 Å². The van der Waals surface area contributed by atoms with Gasteiger partial charge in [-0.15, -0.1) is 0 Å². The number of urea groups is 1. The predicted octanol–water partition coefficient (Wildman–Crippen LogP) is 4.35. The normalized spacial score (nSPS) is 15.7. The van der Waals surface area contributed by atoms with Gasteiger partial charge in [-0.1, -0.05) is 24.3 Å². The fourth-order valence-electron chi connectivity index (χ4n) is 3.50. The minimum atomic E-state index is -4.34. The summed E-state index contributed by atoms with van der Waals surface area (Å²) in [6.45, 7) is 2.79. The standard InChI is InChI=1S/C22H25F4N3O/c23-19-7-3-17(4-8-19)15-29-13-10-20(11-14-29)28-21(30)27-12-9-16-1-5-18(6-2-16)22(24,25)26/h1-8,20H,9-15H2,(H2,27,28,30). The third kappa shape index (κ3) is 6.73. The summed E-state index contributed by atoms with van der Waals surface area (Å²) in [6.07, 6.45) is -2.23. The molecule has 1 aliphatic heterocycles. The van der Waals surface area contributed by atoms with Crippen LogP contribution >= 0.6 is 0 Å². The maximum Gasteiger partial charge on any atom is 0.416 e. The molecule has 1 heterocycles. The van der Waals surface area contributed by atoms with Crippen molar-refractivity contribution < 1.29 is 22.4 Å². The maximum absolute atomic E-state index is 13.0. The number of carbonyl (C=O) groups is 1. The molecule has 30 heavy (non-hydrogen) atoms. The number of benzene rings is 2. The Labute approximate surface area is 173 Å². The molecule has 0 bridgehead atoms. The van der Waals surface area contributed by atoms with Crippen molar-refractivity contribution >= 4 is 6.03 Å². The molecule has 2 amide bonds. The van der Waals surface area contributed by atoms with Gasteiger partial charge >= 0.3 is 12.2 Å². The molecule has 2 N–H and O–H groups in total. The molecule has 0 radical (unpaired) electrons. The number of piperidine rings is 1. The lowest BCUT2D eigenvalue weighted by Gasteiger charge is -2.32. The van der Waals surface area contributed by atoms with Crippen LogP contribution in [0.3, 0.4) is 0 Å². The van der Waals surface area contributed by atoms with Crippen molar-refractivity contribution in [3.63, 3.8) is 0 Å². The number of carbonyl (C=O) groups excluding carboxylic acids is 1. The molecule has 0 saturated carbocycles. The van der Waals surface area contributed by atoms with Gasteiger partial charge in [0.05, 0.1) is 5.56 Å². The Hall–Kier alpha value is -2.61. The number of hydrogen-bond donors (Lipinski definition) is 2. The average molecular weight is 423 g/mol. The monoisotopic (exact) mass is 423 g/mol. The second-order valence-electron chi connectivity index (χ2n) is 7.52. The van der Waals surface area contributed by atoms with Gasteiger partial charge in [0.15, 0.2) is 0 Å². The van der Waals surface area contributed by atoms with E-state index in [1.165, 1.54) is 24.3 Å². The molecule has 0 unspecified atom stereocenters. The minimum absolute atomic E-state index is 0.0838. The molecule has 4 nitrogen and oxygen atoms in total. The first-order valence-corrected chi connectivity index (χ1v) is 9.97. The van der Waals surface area contributed by atoms with Gasteiger partial charge in [0.2, 0.25) is 0 Å². The van der Waals surface area contributed by atoms with E-state index >= 15 is 0 Å². The van der Waals surface area contributed by atoms with E-state index in [0.717, 1.165) is 55.7 Å². The maximum atomic E-state index is 13.0. The summed E-state index contributed by atoms with van der Waals surface area (Å²) in [5.41, 5.74) is 1.11. The average Bonchev–Trinajstić information content (AvgIpc) is 2.71. The van der Waals surface area contributed by atoms with Gasteiger partial charge in [-0.25, -0.2) is 9.18 Å². The summed E-state index contributed by atoms with van der Waals surface area (Å²) < 4.78 is 50.7. The number of nitrogens with one attached hydrogen (secondary N) is 2. The van der Waals surface area contributed by atoms with Crippen molar-refractivity contribution in [3.8, 4) is 0 Å². The first-order valence-electron chi connectivity index (χ1n) is 9.97. The smallest absolute Gasteiger partial charge is 0.338 e. The highest BCUT2D eigenvalue weighted by molar-refractivity contribution is 5.74. The Kier molecular flexibility index (Phi) is 7.31. The summed E-state index contributed by atoms with van der Waals surface area (Å²) in [5.74, 6) is -0.244. The number of likely N-dealkylation sites (tertiary alicyclic amines) is 1. The molecule has 1 saturated heterocycles. The van der Waals surface area contributed by atoms with E-state index in [9.17, 15) is 22.4 Å². The molecule has 0 aromatic heterocycles. The van der Waals surface area contributed by atoms with Gasteiger partial charge in [-0.2, -0.15) is 13.2 Å². The van der Waals surface area contributed by atoms with Crippen LogP contribution in [-0.2, 0) is 19.1 Å². The van der Waals surface area contributed by atoms with E-state index in [1.807, 2.05) is 0 Å². The van der Waals surface area contributed by atoms with Gasteiger partial charge in [0.1, 0.15) is 5.82 Å². The number of nitrogens with zero attached hydrogens (tertiary/aromatic N) is 1. The lowest BCUT2D eigenvalue weighted by molar-refractivity contribution is -0.137. The number of rotatable bonds is 6. The second kappa shape index (κ2) is 9.93. The molecule has 2 aromatic carbocycles. The fraction of sp³-hybridized carbons (Fsp3) is 0.409. The van der Waals surface area contributed by atoms with Gasteiger partial charge in [0.25, 0.3) is 0 Å². The van der Waals surface area contributed by atoms with E-state index in [0.29, 0.717) is 13.0 Å². The lowest BCUT2D eigenvalue weighted by Crippen LogP contribution is -2.48. The first kappa shape index (κ1) is 22.1. The van der Waals surface area contributed by atoms with Crippen LogP contribution in [0.4, 0.5) is 22.4 Å². The molecule has 8 heteroatoms. The van der Waals surface area contributed by atoms with Crippen molar-refractivity contribution in [3.05, 3.63) is 71.0 Å². The van der Waals surface area contributed by atoms with E-state index in [-0.39, 0.29) is 17.9 Å². The van der Waals surface area contributed by atoms with Gasteiger partial charge in [-0.3, -0.25) is 4.90 Å². The highest BCUT2D eigenvalue weighted by Gasteiger charge is 2.29. The van der Waals surface area contributed by atoms with Gasteiger partial charge in [0, 0.05) is 32.2 Å². The van der Waals surface area contributed by atoms with Crippen molar-refractivity contribution in [1.29, 1.82) is 0 Å². The molecule has 0 spiro atoms. The van der Waals surface area contributed by atoms with E-state index in [4.69, 9.17) is 0 Å². The Morgan fingerprint density at radius 3 is 2.17 bits per heavy atom. The van der Waals surface area contributed by atoms with Crippen LogP contribution in [0.25, 0.3) is 0 Å². The predicted molar refractivity (Wildman–Crippen MR) is 106 cm³/mol. The molecular weight excluding hydrogens is 398 g/mol. The van der Waals surface area contributed by atoms with Crippen LogP contribution in [0, 0.1) is 5.82 Å². The van der Waals surface area contributed by atoms with Crippen LogP contribution in [0.2, 0.25) is 0 Å². The molecule has 3 rings (SSSR count). The Bertz CT molecular complexity index is 814. The molecule has 1 fully saturated rings. The van der Waals surface area contributed by atoms with Crippen molar-refractivity contribution in [1.82, 2.24) is 15.5 Å². The van der Waals surface area contributed by atoms with E-state index in [1.54, 1.807) is 12.1 Å². The van der Waals surface area contributed by atoms with Crippen LogP contribution in [0.15, 0.2) is 48.5 Å². The van der Waals surface area contributed by atoms with Crippen LogP contribution in [0.5, 0.6) is 0 Å². The first-order chi connectivity index (χ1) is 14.3. The van der Waals surface area contributed by atoms with Crippen LogP contribution in [0.1, 0.15) is 29.5 Å². The van der Waals surface area contributed by atoms with Gasteiger partial charge in [-0.05, 0) is 54.7 Å². The van der Waals surface area contributed by atoms with E-state index < -0.39 is 11.7 Å². The third-order valence-electron chi connectivity index (χ3n) is 5.22. The SMILES string of the molecule is O=C(NCCc1ccc(C(F)(F)F)cc1)NC1CCN(Cc2ccc(F)cc2)CC1. The summed E-state index contributed by atoms with van der Waals surface area (Å²) in [4.78, 5) is 14.3. The molecule has 0 atom stereocenters. The van der Waals surface area contributed by atoms with Crippen LogP contribution < -0.4 is 10.6 Å². The lowest BCUT2D eigenvalue weighted by atomic mass is 10.0. The van der Waals surface area contributed by atoms with Crippen molar-refractivity contribution in [2.24, 2.45) is 0 Å². The van der Waals surface area contributed by atoms with E-state index in [2.05, 4.69) is 15.5 Å². The summed E-state index contributed by atoms with van der Waals surface area (Å²) in [6, 6.07) is 11.3. The Balaban J connectivity index is 1.33. The number of halogens is 4. The van der Waals surface area contributed by atoms with Gasteiger partial charge < -0.3 is 10.6 Å². The second-order valence-corrected chi connectivity index (χ2v) is 7.52. The quantitative estimate of drug-likeness (QED) is 0.679. The molecular formula is C22H25F4N3O. The largest absolute Gasteiger partial charge is 0.416 e. The summed E-state index contributed by atoms with van der Waals surface area (Å²) in [5, 5.41) is 5.71. The number of amides is 2. The zero-order valence-electron chi connectivity index (χ0n) is 16.5. The van der Waals surface area contributed by atoms with Crippen LogP contribution in [-0.4, -0.2) is 36.6 Å². The van der Waals surface area contributed by atoms with Crippen molar-refractivity contribution in [2.75, 3.05) is 19.6 Å². The summed E-state index contributed by atoms with van der Waals surface area (Å²) in [7, 11) is 0. The Morgan fingerprint density at radius 1 is 0.967 bits per heavy atom. The zero-order chi connectivity index (χ0) is 21.6. The zero-order valence-corrected chi connectivity index (χ0v) is 16.5. The summed E-state index contributed by atoms with van der Waals surface area (Å²) >= 11 is 0. The molecule has 1 aliphatic rings. The number of hydrogen-bond acceptors (Lipinski definition) is 2. The topological polar surface area (TPSA) is 44.4 Å². The third-order valence-corrected chi connectivity index (χ3v) is 5.22. The molecule has 0 aliphatic carbocycles. The Morgan fingerprint density at radius 2 is 1.57 bits per heavy atom. The molecule has 2 aromatic rings. The molecule has 162 valence electrons. The fourth-order valence-corrected chi connectivity index (χ4v) is 3.50. The highest BCUT2D eigenvalue weighted by atomic mass is 19.4. The minimum Gasteiger partial charge on any atom is -0.338 e.